The SMILES string of the molecule is Cl.N[C@H](Cc1ccc(Cl)cc1Cl)C(=O)NCCc1ccccc1. The van der Waals surface area contributed by atoms with Crippen LogP contribution < -0.4 is 11.1 Å². The summed E-state index contributed by atoms with van der Waals surface area (Å²) in [7, 11) is 0. The monoisotopic (exact) mass is 372 g/mol. The second-order valence-corrected chi connectivity index (χ2v) is 5.92. The van der Waals surface area contributed by atoms with Gasteiger partial charge in [0.15, 0.2) is 0 Å². The Morgan fingerprint density at radius 2 is 1.83 bits per heavy atom. The van der Waals surface area contributed by atoms with Gasteiger partial charge in [-0.2, -0.15) is 0 Å². The van der Waals surface area contributed by atoms with E-state index in [1.165, 1.54) is 5.56 Å². The van der Waals surface area contributed by atoms with Crippen LogP contribution in [0.5, 0.6) is 0 Å². The lowest BCUT2D eigenvalue weighted by Crippen LogP contribution is -2.42. The van der Waals surface area contributed by atoms with E-state index in [2.05, 4.69) is 5.32 Å². The van der Waals surface area contributed by atoms with E-state index in [1.807, 2.05) is 30.3 Å². The molecule has 0 unspecified atom stereocenters. The number of rotatable bonds is 6. The fraction of sp³-hybridized carbons (Fsp3) is 0.235. The molecule has 0 radical (unpaired) electrons. The maximum atomic E-state index is 12.0. The average Bonchev–Trinajstić information content (AvgIpc) is 2.51. The number of hydrogen-bond donors (Lipinski definition) is 2. The van der Waals surface area contributed by atoms with Crippen molar-refractivity contribution >= 4 is 41.5 Å². The van der Waals surface area contributed by atoms with Crippen molar-refractivity contribution in [3.8, 4) is 0 Å². The smallest absolute Gasteiger partial charge is 0.237 e. The van der Waals surface area contributed by atoms with Gasteiger partial charge in [0.05, 0.1) is 6.04 Å². The number of halogens is 3. The van der Waals surface area contributed by atoms with Crippen LogP contribution in [-0.2, 0) is 17.6 Å². The third-order valence-corrected chi connectivity index (χ3v) is 3.93. The van der Waals surface area contributed by atoms with Gasteiger partial charge in [0.2, 0.25) is 5.91 Å². The summed E-state index contributed by atoms with van der Waals surface area (Å²) in [6.07, 6.45) is 1.16. The standard InChI is InChI=1S/C17H18Cl2N2O.ClH/c18-14-7-6-13(15(19)11-14)10-16(20)17(22)21-9-8-12-4-2-1-3-5-12;/h1-7,11,16H,8-10,20H2,(H,21,22);1H/t16-;/m1./s1. The molecular formula is C17H19Cl3N2O. The molecule has 6 heteroatoms. The number of carbonyl (C=O) groups is 1. The summed E-state index contributed by atoms with van der Waals surface area (Å²) in [5.74, 6) is -0.179. The largest absolute Gasteiger partial charge is 0.354 e. The molecule has 0 fully saturated rings. The number of nitrogens with two attached hydrogens (primary N) is 1. The Kier molecular flexibility index (Phi) is 8.42. The second-order valence-electron chi connectivity index (χ2n) is 5.07. The normalized spacial score (nSPS) is 11.4. The van der Waals surface area contributed by atoms with Crippen LogP contribution in [0, 0.1) is 0 Å². The van der Waals surface area contributed by atoms with Gasteiger partial charge in [-0.1, -0.05) is 59.6 Å². The third-order valence-electron chi connectivity index (χ3n) is 3.35. The number of hydrogen-bond acceptors (Lipinski definition) is 2. The Balaban J connectivity index is 0.00000264. The first-order chi connectivity index (χ1) is 10.6. The fourth-order valence-electron chi connectivity index (χ4n) is 2.12. The predicted octanol–water partition coefficient (Wildman–Crippen LogP) is 3.64. The number of benzene rings is 2. The maximum absolute atomic E-state index is 12.0. The van der Waals surface area contributed by atoms with E-state index in [0.29, 0.717) is 23.0 Å². The van der Waals surface area contributed by atoms with Gasteiger partial charge >= 0.3 is 0 Å². The van der Waals surface area contributed by atoms with Crippen LogP contribution in [0.2, 0.25) is 10.0 Å². The van der Waals surface area contributed by atoms with Crippen LogP contribution in [0.4, 0.5) is 0 Å². The molecule has 0 aliphatic carbocycles. The number of amides is 1. The zero-order valence-electron chi connectivity index (χ0n) is 12.5. The van der Waals surface area contributed by atoms with E-state index >= 15 is 0 Å². The molecule has 0 heterocycles. The minimum absolute atomic E-state index is 0. The van der Waals surface area contributed by atoms with Crippen LogP contribution in [0.3, 0.4) is 0 Å². The Morgan fingerprint density at radius 1 is 1.13 bits per heavy atom. The first-order valence-corrected chi connectivity index (χ1v) is 7.83. The van der Waals surface area contributed by atoms with Gasteiger partial charge in [-0.15, -0.1) is 12.4 Å². The summed E-state index contributed by atoms with van der Waals surface area (Å²) >= 11 is 11.9. The second kappa shape index (κ2) is 9.78. The van der Waals surface area contributed by atoms with Crippen molar-refractivity contribution < 1.29 is 4.79 Å². The summed E-state index contributed by atoms with van der Waals surface area (Å²) in [4.78, 5) is 12.0. The highest BCUT2D eigenvalue weighted by Gasteiger charge is 2.15. The molecule has 0 spiro atoms. The van der Waals surface area contributed by atoms with E-state index in [0.717, 1.165) is 12.0 Å². The van der Waals surface area contributed by atoms with Crippen molar-refractivity contribution in [2.45, 2.75) is 18.9 Å². The maximum Gasteiger partial charge on any atom is 0.237 e. The van der Waals surface area contributed by atoms with Gasteiger partial charge in [-0.3, -0.25) is 4.79 Å². The lowest BCUT2D eigenvalue weighted by Gasteiger charge is -2.13. The molecule has 0 aliphatic heterocycles. The molecule has 124 valence electrons. The Hall–Kier alpha value is -1.26. The van der Waals surface area contributed by atoms with Crippen LogP contribution >= 0.6 is 35.6 Å². The molecule has 1 atom stereocenters. The van der Waals surface area contributed by atoms with Crippen LogP contribution in [-0.4, -0.2) is 18.5 Å². The molecule has 2 aromatic rings. The molecule has 1 amide bonds. The number of carbonyl (C=O) groups excluding carboxylic acids is 1. The van der Waals surface area contributed by atoms with Crippen molar-refractivity contribution in [3.63, 3.8) is 0 Å². The molecule has 0 saturated heterocycles. The highest BCUT2D eigenvalue weighted by molar-refractivity contribution is 6.35. The molecule has 0 aliphatic rings. The quantitative estimate of drug-likeness (QED) is 0.812. The highest BCUT2D eigenvalue weighted by atomic mass is 35.5. The predicted molar refractivity (Wildman–Crippen MR) is 98.5 cm³/mol. The van der Waals surface area contributed by atoms with E-state index < -0.39 is 6.04 Å². The Labute approximate surface area is 152 Å². The topological polar surface area (TPSA) is 55.1 Å². The van der Waals surface area contributed by atoms with Crippen molar-refractivity contribution in [2.24, 2.45) is 5.73 Å². The van der Waals surface area contributed by atoms with Crippen molar-refractivity contribution in [2.75, 3.05) is 6.54 Å². The highest BCUT2D eigenvalue weighted by Crippen LogP contribution is 2.21. The molecular weight excluding hydrogens is 355 g/mol. The third kappa shape index (κ3) is 6.40. The van der Waals surface area contributed by atoms with Gasteiger partial charge in [-0.25, -0.2) is 0 Å². The minimum atomic E-state index is -0.630. The molecule has 3 nitrogen and oxygen atoms in total. The average molecular weight is 374 g/mol. The molecule has 2 rings (SSSR count). The molecule has 2 aromatic carbocycles. The first kappa shape index (κ1) is 19.8. The van der Waals surface area contributed by atoms with Gasteiger partial charge in [0.1, 0.15) is 0 Å². The molecule has 0 bridgehead atoms. The van der Waals surface area contributed by atoms with E-state index in [1.54, 1.807) is 18.2 Å². The summed E-state index contributed by atoms with van der Waals surface area (Å²) in [6, 6.07) is 14.5. The van der Waals surface area contributed by atoms with E-state index in [9.17, 15) is 4.79 Å². The van der Waals surface area contributed by atoms with Crippen LogP contribution in [0.15, 0.2) is 48.5 Å². The van der Waals surface area contributed by atoms with Crippen molar-refractivity contribution in [1.29, 1.82) is 0 Å². The Morgan fingerprint density at radius 3 is 2.48 bits per heavy atom. The van der Waals surface area contributed by atoms with Crippen molar-refractivity contribution in [3.05, 3.63) is 69.7 Å². The van der Waals surface area contributed by atoms with Crippen LogP contribution in [0.1, 0.15) is 11.1 Å². The fourth-order valence-corrected chi connectivity index (χ4v) is 2.61. The van der Waals surface area contributed by atoms with Crippen molar-refractivity contribution in [1.82, 2.24) is 5.32 Å². The Bertz CT molecular complexity index is 635. The van der Waals surface area contributed by atoms with Gasteiger partial charge < -0.3 is 11.1 Å². The zero-order chi connectivity index (χ0) is 15.9. The first-order valence-electron chi connectivity index (χ1n) is 7.07. The summed E-state index contributed by atoms with van der Waals surface area (Å²) in [5.41, 5.74) is 7.93. The lowest BCUT2D eigenvalue weighted by molar-refractivity contribution is -0.122. The van der Waals surface area contributed by atoms with E-state index in [4.69, 9.17) is 28.9 Å². The molecule has 0 saturated carbocycles. The molecule has 0 aromatic heterocycles. The van der Waals surface area contributed by atoms with E-state index in [-0.39, 0.29) is 18.3 Å². The summed E-state index contributed by atoms with van der Waals surface area (Å²) in [5, 5.41) is 3.94. The van der Waals surface area contributed by atoms with Crippen LogP contribution in [0.25, 0.3) is 0 Å². The van der Waals surface area contributed by atoms with Gasteiger partial charge in [0, 0.05) is 16.6 Å². The lowest BCUT2D eigenvalue weighted by atomic mass is 10.1. The van der Waals surface area contributed by atoms with Gasteiger partial charge in [-0.05, 0) is 36.1 Å². The summed E-state index contributed by atoms with van der Waals surface area (Å²) in [6.45, 7) is 0.560. The number of nitrogens with one attached hydrogen (secondary N) is 1. The minimum Gasteiger partial charge on any atom is -0.354 e. The molecule has 23 heavy (non-hydrogen) atoms. The van der Waals surface area contributed by atoms with Gasteiger partial charge in [0.25, 0.3) is 0 Å². The summed E-state index contributed by atoms with van der Waals surface area (Å²) < 4.78 is 0. The molecule has 3 N–H and O–H groups in total. The zero-order valence-corrected chi connectivity index (χ0v) is 14.8.